The van der Waals surface area contributed by atoms with Crippen LogP contribution in [0.5, 0.6) is 0 Å². The number of anilines is 1. The van der Waals surface area contributed by atoms with Crippen molar-refractivity contribution in [3.63, 3.8) is 0 Å². The van der Waals surface area contributed by atoms with Crippen molar-refractivity contribution in [2.75, 3.05) is 5.73 Å². The van der Waals surface area contributed by atoms with Crippen LogP contribution in [-0.2, 0) is 0 Å². The molecule has 2 rings (SSSR count). The first-order chi connectivity index (χ1) is 8.90. The van der Waals surface area contributed by atoms with Crippen molar-refractivity contribution in [3.05, 3.63) is 44.6 Å². The van der Waals surface area contributed by atoms with Crippen molar-refractivity contribution in [3.8, 4) is 11.8 Å². The van der Waals surface area contributed by atoms with Gasteiger partial charge < -0.3 is 5.73 Å². The average Bonchev–Trinajstić information content (AvgIpc) is 2.58. The molecule has 0 saturated heterocycles. The van der Waals surface area contributed by atoms with Crippen molar-refractivity contribution in [1.82, 2.24) is 4.57 Å². The average molecular weight is 294 g/mol. The van der Waals surface area contributed by atoms with Crippen molar-refractivity contribution in [2.45, 2.75) is 20.8 Å². The summed E-state index contributed by atoms with van der Waals surface area (Å²) in [6.07, 6.45) is 0. The molecule has 1 heterocycles. The van der Waals surface area contributed by atoms with E-state index in [1.807, 2.05) is 26.8 Å². The lowest BCUT2D eigenvalue weighted by molar-refractivity contribution is 1.01. The summed E-state index contributed by atoms with van der Waals surface area (Å²) in [5.74, 6) is 0.368. The number of nitrogen functional groups attached to an aromatic ring is 1. The first-order valence-electron chi connectivity index (χ1n) is 5.72. The van der Waals surface area contributed by atoms with Crippen LogP contribution in [0.2, 0.25) is 10.0 Å². The predicted molar refractivity (Wildman–Crippen MR) is 79.1 cm³/mol. The van der Waals surface area contributed by atoms with Gasteiger partial charge in [0.2, 0.25) is 0 Å². The Morgan fingerprint density at radius 3 is 2.37 bits per heavy atom. The quantitative estimate of drug-likeness (QED) is 0.858. The maximum Gasteiger partial charge on any atom is 0.126 e. The van der Waals surface area contributed by atoms with Gasteiger partial charge >= 0.3 is 0 Å². The molecular weight excluding hydrogens is 281 g/mol. The number of halogens is 2. The highest BCUT2D eigenvalue weighted by atomic mass is 35.5. The van der Waals surface area contributed by atoms with E-state index in [1.54, 1.807) is 10.6 Å². The third-order valence-electron chi connectivity index (χ3n) is 3.35. The third-order valence-corrected chi connectivity index (χ3v) is 4.13. The molecule has 5 heteroatoms. The minimum absolute atomic E-state index is 0.368. The number of aryl methyl sites for hydroxylation is 1. The Kier molecular flexibility index (Phi) is 3.49. The number of nitrogens with two attached hydrogens (primary N) is 1. The van der Waals surface area contributed by atoms with E-state index in [4.69, 9.17) is 34.2 Å². The van der Waals surface area contributed by atoms with Gasteiger partial charge in [-0.1, -0.05) is 29.3 Å². The lowest BCUT2D eigenvalue weighted by atomic mass is 10.2. The van der Waals surface area contributed by atoms with Crippen molar-refractivity contribution in [2.24, 2.45) is 0 Å². The monoisotopic (exact) mass is 293 g/mol. The fourth-order valence-electron chi connectivity index (χ4n) is 2.11. The molecule has 0 saturated carbocycles. The van der Waals surface area contributed by atoms with Gasteiger partial charge in [-0.3, -0.25) is 4.57 Å². The van der Waals surface area contributed by atoms with E-state index in [0.717, 1.165) is 16.8 Å². The number of nitrogens with zero attached hydrogens (tertiary/aromatic N) is 2. The number of hydrogen-bond donors (Lipinski definition) is 1. The Balaban J connectivity index is 2.89. The van der Waals surface area contributed by atoms with Crippen LogP contribution in [0.3, 0.4) is 0 Å². The Morgan fingerprint density at radius 1 is 1.21 bits per heavy atom. The van der Waals surface area contributed by atoms with Crippen LogP contribution in [0.4, 0.5) is 5.82 Å². The first kappa shape index (κ1) is 13.8. The number of hydrogen-bond acceptors (Lipinski definition) is 2. The topological polar surface area (TPSA) is 54.7 Å². The summed E-state index contributed by atoms with van der Waals surface area (Å²) in [7, 11) is 0. The van der Waals surface area contributed by atoms with Crippen molar-refractivity contribution in [1.29, 1.82) is 5.26 Å². The molecule has 0 spiro atoms. The van der Waals surface area contributed by atoms with Crippen molar-refractivity contribution >= 4 is 29.0 Å². The SMILES string of the molecule is Cc1ccc(Cl)c(-n2c(C)c(C)c(C#N)c2N)c1Cl. The summed E-state index contributed by atoms with van der Waals surface area (Å²) in [5, 5.41) is 10.2. The summed E-state index contributed by atoms with van der Waals surface area (Å²) in [4.78, 5) is 0. The Hall–Kier alpha value is -1.63. The fraction of sp³-hybridized carbons (Fsp3) is 0.214. The van der Waals surface area contributed by atoms with E-state index in [2.05, 4.69) is 6.07 Å². The van der Waals surface area contributed by atoms with Gasteiger partial charge in [-0.2, -0.15) is 5.26 Å². The predicted octanol–water partition coefficient (Wildman–Crippen LogP) is 4.16. The highest BCUT2D eigenvalue weighted by Crippen LogP contribution is 2.36. The highest BCUT2D eigenvalue weighted by Gasteiger charge is 2.20. The van der Waals surface area contributed by atoms with E-state index in [1.165, 1.54) is 0 Å². The van der Waals surface area contributed by atoms with E-state index in [0.29, 0.717) is 27.1 Å². The number of nitriles is 1. The van der Waals surface area contributed by atoms with Crippen LogP contribution in [0.15, 0.2) is 12.1 Å². The normalized spacial score (nSPS) is 10.5. The molecule has 2 aromatic rings. The molecule has 0 amide bonds. The van der Waals surface area contributed by atoms with Crippen LogP contribution in [0.1, 0.15) is 22.4 Å². The maximum absolute atomic E-state index is 9.17. The summed E-state index contributed by atoms with van der Waals surface area (Å²) < 4.78 is 1.74. The molecule has 0 fully saturated rings. The Morgan fingerprint density at radius 2 is 1.84 bits per heavy atom. The lowest BCUT2D eigenvalue weighted by Crippen LogP contribution is -2.04. The zero-order valence-electron chi connectivity index (χ0n) is 10.9. The number of benzene rings is 1. The van der Waals surface area contributed by atoms with Gasteiger partial charge in [0.05, 0.1) is 21.3 Å². The van der Waals surface area contributed by atoms with Crippen LogP contribution in [0.25, 0.3) is 5.69 Å². The van der Waals surface area contributed by atoms with Gasteiger partial charge in [0, 0.05) is 5.69 Å². The second-order valence-electron chi connectivity index (χ2n) is 4.44. The fourth-order valence-corrected chi connectivity index (χ4v) is 2.65. The van der Waals surface area contributed by atoms with Gasteiger partial charge in [0.25, 0.3) is 0 Å². The number of rotatable bonds is 1. The summed E-state index contributed by atoms with van der Waals surface area (Å²) in [6, 6.07) is 5.74. The van der Waals surface area contributed by atoms with E-state index >= 15 is 0 Å². The van der Waals surface area contributed by atoms with Crippen LogP contribution < -0.4 is 5.73 Å². The first-order valence-corrected chi connectivity index (χ1v) is 6.48. The molecule has 1 aromatic carbocycles. The number of aromatic nitrogens is 1. The van der Waals surface area contributed by atoms with Gasteiger partial charge in [0.1, 0.15) is 11.9 Å². The zero-order chi connectivity index (χ0) is 14.3. The smallest absolute Gasteiger partial charge is 0.126 e. The van der Waals surface area contributed by atoms with Gasteiger partial charge in [-0.25, -0.2) is 0 Å². The molecule has 0 unspecified atom stereocenters. The zero-order valence-corrected chi connectivity index (χ0v) is 12.4. The van der Waals surface area contributed by atoms with Crippen LogP contribution >= 0.6 is 23.2 Å². The molecule has 19 heavy (non-hydrogen) atoms. The molecule has 0 aliphatic rings. The molecule has 2 N–H and O–H groups in total. The van der Waals surface area contributed by atoms with Gasteiger partial charge in [-0.05, 0) is 38.0 Å². The molecule has 0 aliphatic heterocycles. The second-order valence-corrected chi connectivity index (χ2v) is 5.23. The second kappa shape index (κ2) is 4.80. The summed E-state index contributed by atoms with van der Waals surface area (Å²) >= 11 is 12.6. The third kappa shape index (κ3) is 1.98. The lowest BCUT2D eigenvalue weighted by Gasteiger charge is -2.14. The molecule has 0 radical (unpaired) electrons. The highest BCUT2D eigenvalue weighted by molar-refractivity contribution is 6.38. The standard InChI is InChI=1S/C14H13Cl2N3/c1-7-4-5-11(15)13(12(7)16)19-9(3)8(2)10(6-17)14(19)18/h4-5H,18H2,1-3H3. The molecule has 0 atom stereocenters. The van der Waals surface area contributed by atoms with Crippen molar-refractivity contribution < 1.29 is 0 Å². The molecule has 3 nitrogen and oxygen atoms in total. The maximum atomic E-state index is 9.17. The summed E-state index contributed by atoms with van der Waals surface area (Å²) in [6.45, 7) is 5.65. The van der Waals surface area contributed by atoms with E-state index in [-0.39, 0.29) is 0 Å². The Bertz CT molecular complexity index is 709. The minimum atomic E-state index is 0.368. The largest absolute Gasteiger partial charge is 0.384 e. The van der Waals surface area contributed by atoms with E-state index in [9.17, 15) is 0 Å². The molecule has 0 aliphatic carbocycles. The van der Waals surface area contributed by atoms with Gasteiger partial charge in [-0.15, -0.1) is 0 Å². The molecular formula is C14H13Cl2N3. The van der Waals surface area contributed by atoms with Crippen LogP contribution in [-0.4, -0.2) is 4.57 Å². The summed E-state index contributed by atoms with van der Waals surface area (Å²) in [5.41, 5.74) is 9.76. The van der Waals surface area contributed by atoms with Crippen LogP contribution in [0, 0.1) is 32.1 Å². The van der Waals surface area contributed by atoms with E-state index < -0.39 is 0 Å². The molecule has 0 bridgehead atoms. The molecule has 1 aromatic heterocycles. The minimum Gasteiger partial charge on any atom is -0.384 e. The van der Waals surface area contributed by atoms with Gasteiger partial charge in [0.15, 0.2) is 0 Å². The molecule has 98 valence electrons. The Labute approximate surface area is 122 Å².